The van der Waals surface area contributed by atoms with Gasteiger partial charge in [-0.3, -0.25) is 14.4 Å². The molecule has 0 atom stereocenters. The SMILES string of the molecule is CCCCCCCCCCCCCC(=O)N(C(=O)CC)C(=O)CCCCCCCCCCCCC. The molecule has 0 saturated heterocycles. The fraction of sp³-hybridized carbons (Fsp3) is 0.903. The zero-order valence-electron chi connectivity index (χ0n) is 23.8. The minimum atomic E-state index is -0.342. The number of imide groups is 3. The fourth-order valence-corrected chi connectivity index (χ4v) is 4.68. The highest BCUT2D eigenvalue weighted by molar-refractivity contribution is 6.10. The Morgan fingerprint density at radius 3 is 0.886 bits per heavy atom. The molecule has 0 aromatic heterocycles. The number of hydrogen-bond acceptors (Lipinski definition) is 3. The molecule has 206 valence electrons. The van der Waals surface area contributed by atoms with E-state index in [4.69, 9.17) is 0 Å². The van der Waals surface area contributed by atoms with Crippen molar-refractivity contribution in [2.24, 2.45) is 0 Å². The minimum absolute atomic E-state index is 0.202. The van der Waals surface area contributed by atoms with E-state index in [0.29, 0.717) is 12.8 Å². The van der Waals surface area contributed by atoms with Crippen LogP contribution in [-0.2, 0) is 14.4 Å². The Morgan fingerprint density at radius 2 is 0.629 bits per heavy atom. The molecular weight excluding hydrogens is 434 g/mol. The van der Waals surface area contributed by atoms with Crippen LogP contribution in [0.3, 0.4) is 0 Å². The molecular formula is C31H59NO3. The van der Waals surface area contributed by atoms with Crippen LogP contribution < -0.4 is 0 Å². The van der Waals surface area contributed by atoms with Crippen molar-refractivity contribution in [1.29, 1.82) is 0 Å². The van der Waals surface area contributed by atoms with Gasteiger partial charge in [0, 0.05) is 19.3 Å². The summed E-state index contributed by atoms with van der Waals surface area (Å²) in [5.74, 6) is -0.923. The van der Waals surface area contributed by atoms with Crippen molar-refractivity contribution >= 4 is 17.7 Å². The van der Waals surface area contributed by atoms with Crippen molar-refractivity contribution in [3.05, 3.63) is 0 Å². The summed E-state index contributed by atoms with van der Waals surface area (Å²) >= 11 is 0. The molecule has 0 spiro atoms. The van der Waals surface area contributed by atoms with Crippen LogP contribution >= 0.6 is 0 Å². The molecule has 0 aliphatic heterocycles. The molecule has 0 bridgehead atoms. The Kier molecular flexibility index (Phi) is 25.0. The molecule has 0 aliphatic carbocycles. The Bertz CT molecular complexity index is 479. The number of rotatable bonds is 25. The van der Waals surface area contributed by atoms with E-state index < -0.39 is 0 Å². The van der Waals surface area contributed by atoms with Gasteiger partial charge < -0.3 is 0 Å². The summed E-state index contributed by atoms with van der Waals surface area (Å²) in [6.07, 6.45) is 27.7. The van der Waals surface area contributed by atoms with Gasteiger partial charge in [-0.05, 0) is 12.8 Å². The quantitative estimate of drug-likeness (QED) is 0.119. The summed E-state index contributed by atoms with van der Waals surface area (Å²) < 4.78 is 0. The standard InChI is InChI=1S/C31H59NO3/c1-4-7-9-11-13-15-17-19-21-23-25-27-30(34)32(29(33)6-3)31(35)28-26-24-22-20-18-16-14-12-10-8-5-2/h4-28H2,1-3H3. The average molecular weight is 494 g/mol. The zero-order chi connectivity index (χ0) is 26.0. The van der Waals surface area contributed by atoms with Crippen LogP contribution in [0.2, 0.25) is 0 Å². The Balaban J connectivity index is 3.92. The second kappa shape index (κ2) is 25.9. The van der Waals surface area contributed by atoms with Crippen LogP contribution in [0.25, 0.3) is 0 Å². The van der Waals surface area contributed by atoms with Gasteiger partial charge in [0.05, 0.1) is 0 Å². The molecule has 0 heterocycles. The molecule has 0 aliphatic rings. The Labute approximate surface area is 218 Å². The van der Waals surface area contributed by atoms with Crippen molar-refractivity contribution in [3.63, 3.8) is 0 Å². The summed E-state index contributed by atoms with van der Waals surface area (Å²) in [6, 6.07) is 0. The van der Waals surface area contributed by atoms with E-state index in [1.807, 2.05) is 0 Å². The molecule has 3 amide bonds. The van der Waals surface area contributed by atoms with Crippen molar-refractivity contribution in [2.75, 3.05) is 0 Å². The third kappa shape index (κ3) is 20.7. The van der Waals surface area contributed by atoms with Crippen LogP contribution in [0, 0.1) is 0 Å². The van der Waals surface area contributed by atoms with Crippen molar-refractivity contribution in [2.45, 2.75) is 181 Å². The number of nitrogens with zero attached hydrogens (tertiary/aromatic N) is 1. The summed E-state index contributed by atoms with van der Waals surface area (Å²) in [4.78, 5) is 38.5. The van der Waals surface area contributed by atoms with Crippen LogP contribution in [0.5, 0.6) is 0 Å². The summed E-state index contributed by atoms with van der Waals surface area (Å²) in [6.45, 7) is 6.22. The van der Waals surface area contributed by atoms with E-state index in [1.165, 1.54) is 103 Å². The topological polar surface area (TPSA) is 54.5 Å². The van der Waals surface area contributed by atoms with Gasteiger partial charge in [0.15, 0.2) is 0 Å². The van der Waals surface area contributed by atoms with E-state index in [1.54, 1.807) is 6.92 Å². The maximum atomic E-state index is 12.6. The minimum Gasteiger partial charge on any atom is -0.274 e. The highest BCUT2D eigenvalue weighted by Gasteiger charge is 2.26. The number of unbranched alkanes of at least 4 members (excludes halogenated alkanes) is 20. The van der Waals surface area contributed by atoms with Crippen molar-refractivity contribution < 1.29 is 14.4 Å². The predicted molar refractivity (Wildman–Crippen MR) is 149 cm³/mol. The van der Waals surface area contributed by atoms with E-state index in [2.05, 4.69) is 13.8 Å². The first-order valence-corrected chi connectivity index (χ1v) is 15.5. The van der Waals surface area contributed by atoms with Gasteiger partial charge in [0.1, 0.15) is 0 Å². The fourth-order valence-electron chi connectivity index (χ4n) is 4.68. The molecule has 0 rings (SSSR count). The summed E-state index contributed by atoms with van der Waals surface area (Å²) in [5.41, 5.74) is 0. The molecule has 35 heavy (non-hydrogen) atoms. The Hall–Kier alpha value is -1.19. The lowest BCUT2D eigenvalue weighted by molar-refractivity contribution is -0.154. The van der Waals surface area contributed by atoms with E-state index in [0.717, 1.165) is 43.4 Å². The lowest BCUT2D eigenvalue weighted by Crippen LogP contribution is -2.41. The second-order valence-corrected chi connectivity index (χ2v) is 10.4. The molecule has 0 fully saturated rings. The van der Waals surface area contributed by atoms with E-state index in [-0.39, 0.29) is 24.1 Å². The largest absolute Gasteiger partial charge is 0.274 e. The smallest absolute Gasteiger partial charge is 0.236 e. The first-order valence-electron chi connectivity index (χ1n) is 15.5. The lowest BCUT2D eigenvalue weighted by Gasteiger charge is -2.18. The lowest BCUT2D eigenvalue weighted by atomic mass is 10.0. The first kappa shape index (κ1) is 33.8. The van der Waals surface area contributed by atoms with Gasteiger partial charge in [-0.15, -0.1) is 0 Å². The number of amides is 3. The molecule has 4 nitrogen and oxygen atoms in total. The van der Waals surface area contributed by atoms with Gasteiger partial charge in [0.2, 0.25) is 17.7 Å². The highest BCUT2D eigenvalue weighted by Crippen LogP contribution is 2.15. The Morgan fingerprint density at radius 1 is 0.371 bits per heavy atom. The summed E-state index contributed by atoms with van der Waals surface area (Å²) in [7, 11) is 0. The van der Waals surface area contributed by atoms with Crippen LogP contribution in [-0.4, -0.2) is 22.6 Å². The normalized spacial score (nSPS) is 11.1. The molecule has 0 aromatic carbocycles. The van der Waals surface area contributed by atoms with Gasteiger partial charge in [-0.25, -0.2) is 4.90 Å². The maximum absolute atomic E-state index is 12.6. The van der Waals surface area contributed by atoms with Gasteiger partial charge in [-0.1, -0.05) is 149 Å². The number of carbonyl (C=O) groups excluding carboxylic acids is 3. The number of carbonyl (C=O) groups is 3. The van der Waals surface area contributed by atoms with Crippen molar-refractivity contribution in [3.8, 4) is 0 Å². The summed E-state index contributed by atoms with van der Waals surface area (Å²) in [5, 5.41) is 0. The van der Waals surface area contributed by atoms with Crippen LogP contribution in [0.4, 0.5) is 0 Å². The predicted octanol–water partition coefficient (Wildman–Crippen LogP) is 9.68. The average Bonchev–Trinajstić information content (AvgIpc) is 2.85. The molecule has 0 saturated carbocycles. The molecule has 0 unspecified atom stereocenters. The van der Waals surface area contributed by atoms with E-state index in [9.17, 15) is 14.4 Å². The second-order valence-electron chi connectivity index (χ2n) is 10.4. The molecule has 0 aromatic rings. The van der Waals surface area contributed by atoms with Gasteiger partial charge in [0.25, 0.3) is 0 Å². The third-order valence-corrected chi connectivity index (χ3v) is 7.04. The van der Waals surface area contributed by atoms with Gasteiger partial charge >= 0.3 is 0 Å². The van der Waals surface area contributed by atoms with E-state index >= 15 is 0 Å². The number of hydrogen-bond donors (Lipinski definition) is 0. The molecule has 0 N–H and O–H groups in total. The van der Waals surface area contributed by atoms with Gasteiger partial charge in [-0.2, -0.15) is 0 Å². The molecule has 0 radical (unpaired) electrons. The molecule has 4 heteroatoms. The van der Waals surface area contributed by atoms with Crippen molar-refractivity contribution in [1.82, 2.24) is 4.90 Å². The zero-order valence-corrected chi connectivity index (χ0v) is 23.8. The first-order chi connectivity index (χ1) is 17.1. The maximum Gasteiger partial charge on any atom is 0.236 e. The highest BCUT2D eigenvalue weighted by atomic mass is 16.2. The third-order valence-electron chi connectivity index (χ3n) is 7.04. The van der Waals surface area contributed by atoms with Crippen LogP contribution in [0.15, 0.2) is 0 Å². The monoisotopic (exact) mass is 493 g/mol. The van der Waals surface area contributed by atoms with Crippen LogP contribution in [0.1, 0.15) is 181 Å².